The van der Waals surface area contributed by atoms with Gasteiger partial charge in [0, 0.05) is 12.3 Å². The molecule has 2 aromatic carbocycles. The summed E-state index contributed by atoms with van der Waals surface area (Å²) >= 11 is 1.79. The van der Waals surface area contributed by atoms with Gasteiger partial charge in [-0.05, 0) is 48.9 Å². The Morgan fingerprint density at radius 3 is 2.54 bits per heavy atom. The second-order valence-corrected chi connectivity index (χ2v) is 9.50. The lowest BCUT2D eigenvalue weighted by Crippen LogP contribution is -2.40. The smallest absolute Gasteiger partial charge is 0.240 e. The van der Waals surface area contributed by atoms with Crippen molar-refractivity contribution in [2.24, 2.45) is 0 Å². The van der Waals surface area contributed by atoms with Gasteiger partial charge in [-0.2, -0.15) is 11.8 Å². The SMILES string of the molecule is Cc1cccc(CSCCCNC(=O)CN(c2ccc(F)cc2)S(C)(=O)=O)c1. The molecule has 5 nitrogen and oxygen atoms in total. The van der Waals surface area contributed by atoms with E-state index in [4.69, 9.17) is 0 Å². The summed E-state index contributed by atoms with van der Waals surface area (Å²) in [6, 6.07) is 13.4. The van der Waals surface area contributed by atoms with Gasteiger partial charge in [-0.1, -0.05) is 29.8 Å². The molecule has 0 bridgehead atoms. The van der Waals surface area contributed by atoms with Crippen LogP contribution in [-0.4, -0.2) is 39.4 Å². The molecular weight excluding hydrogens is 399 g/mol. The lowest BCUT2D eigenvalue weighted by molar-refractivity contribution is -0.119. The van der Waals surface area contributed by atoms with Crippen molar-refractivity contribution < 1.29 is 17.6 Å². The highest BCUT2D eigenvalue weighted by Crippen LogP contribution is 2.17. The minimum Gasteiger partial charge on any atom is -0.354 e. The van der Waals surface area contributed by atoms with E-state index in [9.17, 15) is 17.6 Å². The summed E-state index contributed by atoms with van der Waals surface area (Å²) in [5.74, 6) is 0.951. The number of anilines is 1. The molecule has 0 spiro atoms. The number of carbonyl (C=O) groups is 1. The standard InChI is InChI=1S/C20H25FN2O3S2/c1-16-5-3-6-17(13-16)15-27-12-4-11-22-20(24)14-23(28(2,25)26)19-9-7-18(21)8-10-19/h3,5-10,13H,4,11-12,14-15H2,1-2H3,(H,22,24). The second kappa shape index (κ2) is 10.5. The first-order valence-corrected chi connectivity index (χ1v) is 11.9. The van der Waals surface area contributed by atoms with Crippen molar-refractivity contribution in [3.05, 3.63) is 65.5 Å². The molecule has 0 unspecified atom stereocenters. The molecule has 0 atom stereocenters. The van der Waals surface area contributed by atoms with Gasteiger partial charge in [0.15, 0.2) is 0 Å². The van der Waals surface area contributed by atoms with E-state index in [0.717, 1.165) is 40.6 Å². The molecule has 0 saturated carbocycles. The van der Waals surface area contributed by atoms with Crippen LogP contribution in [0.5, 0.6) is 0 Å². The molecule has 0 aliphatic heterocycles. The van der Waals surface area contributed by atoms with E-state index in [1.165, 1.54) is 23.3 Å². The largest absolute Gasteiger partial charge is 0.354 e. The topological polar surface area (TPSA) is 66.5 Å². The van der Waals surface area contributed by atoms with Crippen molar-refractivity contribution >= 4 is 33.4 Å². The molecule has 0 aliphatic rings. The molecule has 1 amide bonds. The Balaban J connectivity index is 1.74. The van der Waals surface area contributed by atoms with Gasteiger partial charge in [-0.25, -0.2) is 12.8 Å². The first-order chi connectivity index (χ1) is 13.3. The lowest BCUT2D eigenvalue weighted by Gasteiger charge is -2.21. The Labute approximate surface area is 170 Å². The number of nitrogens with zero attached hydrogens (tertiary/aromatic N) is 1. The van der Waals surface area contributed by atoms with Crippen LogP contribution in [0.25, 0.3) is 0 Å². The molecule has 2 aromatic rings. The van der Waals surface area contributed by atoms with Crippen LogP contribution in [0.15, 0.2) is 48.5 Å². The number of amides is 1. The Hall–Kier alpha value is -2.06. The molecule has 0 radical (unpaired) electrons. The number of hydrogen-bond donors (Lipinski definition) is 1. The zero-order chi connectivity index (χ0) is 20.6. The normalized spacial score (nSPS) is 11.2. The molecule has 2 rings (SSSR count). The Bertz CT molecular complexity index is 887. The zero-order valence-corrected chi connectivity index (χ0v) is 17.7. The van der Waals surface area contributed by atoms with Gasteiger partial charge in [0.1, 0.15) is 12.4 Å². The lowest BCUT2D eigenvalue weighted by atomic mass is 10.2. The summed E-state index contributed by atoms with van der Waals surface area (Å²) in [6.45, 7) is 2.21. The van der Waals surface area contributed by atoms with Gasteiger partial charge in [0.05, 0.1) is 11.9 Å². The average Bonchev–Trinajstić information content (AvgIpc) is 2.63. The number of carbonyl (C=O) groups excluding carboxylic acids is 1. The number of aryl methyl sites for hydroxylation is 1. The number of rotatable bonds is 10. The van der Waals surface area contributed by atoms with Crippen LogP contribution < -0.4 is 9.62 Å². The fourth-order valence-electron chi connectivity index (χ4n) is 2.59. The Kier molecular flexibility index (Phi) is 8.32. The summed E-state index contributed by atoms with van der Waals surface area (Å²) in [7, 11) is -3.65. The second-order valence-electron chi connectivity index (χ2n) is 6.49. The summed E-state index contributed by atoms with van der Waals surface area (Å²) in [5.41, 5.74) is 2.77. The highest BCUT2D eigenvalue weighted by Gasteiger charge is 2.20. The van der Waals surface area contributed by atoms with Crippen molar-refractivity contribution in [3.8, 4) is 0 Å². The summed E-state index contributed by atoms with van der Waals surface area (Å²) in [6.07, 6.45) is 1.81. The van der Waals surface area contributed by atoms with Crippen LogP contribution in [-0.2, 0) is 20.6 Å². The summed E-state index contributed by atoms with van der Waals surface area (Å²) in [5, 5.41) is 2.74. The Morgan fingerprint density at radius 1 is 1.18 bits per heavy atom. The molecule has 8 heteroatoms. The molecule has 28 heavy (non-hydrogen) atoms. The van der Waals surface area contributed by atoms with E-state index in [1.807, 2.05) is 6.07 Å². The van der Waals surface area contributed by atoms with Crippen LogP contribution in [0.4, 0.5) is 10.1 Å². The van der Waals surface area contributed by atoms with Crippen LogP contribution >= 0.6 is 11.8 Å². The number of benzene rings is 2. The highest BCUT2D eigenvalue weighted by molar-refractivity contribution is 7.98. The number of nitrogens with one attached hydrogen (secondary N) is 1. The monoisotopic (exact) mass is 424 g/mol. The number of hydrogen-bond acceptors (Lipinski definition) is 4. The Morgan fingerprint density at radius 2 is 1.89 bits per heavy atom. The number of thioether (sulfide) groups is 1. The van der Waals surface area contributed by atoms with Crippen molar-refractivity contribution in [2.75, 3.05) is 29.4 Å². The minimum atomic E-state index is -3.65. The van der Waals surface area contributed by atoms with Gasteiger partial charge in [-0.15, -0.1) is 0 Å². The third-order valence-corrected chi connectivity index (χ3v) is 6.20. The minimum absolute atomic E-state index is 0.257. The first kappa shape index (κ1) is 22.2. The van der Waals surface area contributed by atoms with Gasteiger partial charge in [-0.3, -0.25) is 9.10 Å². The van der Waals surface area contributed by atoms with Crippen LogP contribution in [0, 0.1) is 12.7 Å². The predicted octanol–water partition coefficient (Wildman–Crippen LogP) is 3.34. The van der Waals surface area contributed by atoms with Gasteiger partial charge in [0.2, 0.25) is 15.9 Å². The highest BCUT2D eigenvalue weighted by atomic mass is 32.2. The fourth-order valence-corrected chi connectivity index (χ4v) is 4.35. The van der Waals surface area contributed by atoms with Gasteiger partial charge in [0.25, 0.3) is 0 Å². The van der Waals surface area contributed by atoms with E-state index < -0.39 is 21.7 Å². The number of halogens is 1. The molecule has 0 saturated heterocycles. The van der Waals surface area contributed by atoms with Crippen LogP contribution in [0.2, 0.25) is 0 Å². The third-order valence-electron chi connectivity index (χ3n) is 3.94. The van der Waals surface area contributed by atoms with E-state index >= 15 is 0 Å². The molecule has 1 N–H and O–H groups in total. The van der Waals surface area contributed by atoms with Crippen LogP contribution in [0.1, 0.15) is 17.5 Å². The van der Waals surface area contributed by atoms with Gasteiger partial charge >= 0.3 is 0 Å². The molecule has 0 aromatic heterocycles. The molecule has 0 fully saturated rings. The van der Waals surface area contributed by atoms with E-state index in [-0.39, 0.29) is 12.2 Å². The van der Waals surface area contributed by atoms with E-state index in [2.05, 4.69) is 30.4 Å². The van der Waals surface area contributed by atoms with Crippen LogP contribution in [0.3, 0.4) is 0 Å². The van der Waals surface area contributed by atoms with E-state index in [1.54, 1.807) is 11.8 Å². The predicted molar refractivity (Wildman–Crippen MR) is 114 cm³/mol. The maximum atomic E-state index is 13.1. The summed E-state index contributed by atoms with van der Waals surface area (Å²) < 4.78 is 38.0. The summed E-state index contributed by atoms with van der Waals surface area (Å²) in [4.78, 5) is 12.1. The molecule has 0 heterocycles. The van der Waals surface area contributed by atoms with Crippen molar-refractivity contribution in [3.63, 3.8) is 0 Å². The molecule has 152 valence electrons. The molecular formula is C20H25FN2O3S2. The van der Waals surface area contributed by atoms with Gasteiger partial charge < -0.3 is 5.32 Å². The van der Waals surface area contributed by atoms with Crippen molar-refractivity contribution in [1.82, 2.24) is 5.32 Å². The molecule has 0 aliphatic carbocycles. The van der Waals surface area contributed by atoms with Crippen molar-refractivity contribution in [2.45, 2.75) is 19.1 Å². The van der Waals surface area contributed by atoms with E-state index in [0.29, 0.717) is 6.54 Å². The fraction of sp³-hybridized carbons (Fsp3) is 0.350. The zero-order valence-electron chi connectivity index (χ0n) is 16.0. The quantitative estimate of drug-likeness (QED) is 0.594. The maximum absolute atomic E-state index is 13.1. The first-order valence-electron chi connectivity index (χ1n) is 8.89. The maximum Gasteiger partial charge on any atom is 0.240 e. The number of sulfonamides is 1. The average molecular weight is 425 g/mol. The van der Waals surface area contributed by atoms with Crippen molar-refractivity contribution in [1.29, 1.82) is 0 Å². The third kappa shape index (κ3) is 7.52.